The Bertz CT molecular complexity index is 279. The number of aryl methyl sites for hydroxylation is 1. The van der Waals surface area contributed by atoms with Gasteiger partial charge in [0.05, 0.1) is 6.42 Å². The van der Waals surface area contributed by atoms with E-state index < -0.39 is 5.78 Å². The lowest BCUT2D eigenvalue weighted by Gasteiger charge is -1.82. The summed E-state index contributed by atoms with van der Waals surface area (Å²) >= 11 is 0. The third kappa shape index (κ3) is 1.70. The lowest BCUT2D eigenvalue weighted by atomic mass is 10.3. The molecule has 1 aromatic rings. The third-order valence-corrected chi connectivity index (χ3v) is 1.03. The molecule has 0 aliphatic heterocycles. The summed E-state index contributed by atoms with van der Waals surface area (Å²) in [5.74, 6) is -0.158. The molecule has 0 spiro atoms. The first kappa shape index (κ1) is 7.59. The van der Waals surface area contributed by atoms with Crippen LogP contribution in [0.1, 0.15) is 22.9 Å². The molecule has 0 aliphatic carbocycles. The summed E-state index contributed by atoms with van der Waals surface area (Å²) in [6.45, 7) is 1.60. The minimum Gasteiger partial charge on any atom is -0.331 e. The summed E-state index contributed by atoms with van der Waals surface area (Å²) in [5.41, 5.74) is 0. The molecule has 0 saturated carbocycles. The second-order valence-electron chi connectivity index (χ2n) is 1.94. The van der Waals surface area contributed by atoms with Gasteiger partial charge >= 0.3 is 0 Å². The zero-order valence-electron chi connectivity index (χ0n) is 5.90. The Hall–Kier alpha value is -1.52. The highest BCUT2D eigenvalue weighted by atomic mass is 16.5. The average Bonchev–Trinajstić information content (AvgIpc) is 2.36. The highest BCUT2D eigenvalue weighted by Gasteiger charge is 2.11. The normalized spacial score (nSPS) is 9.55. The molecule has 0 aromatic carbocycles. The minimum absolute atomic E-state index is 0.102. The van der Waals surface area contributed by atoms with Crippen LogP contribution in [0.2, 0.25) is 0 Å². The van der Waals surface area contributed by atoms with Crippen LogP contribution in [0.25, 0.3) is 0 Å². The summed E-state index contributed by atoms with van der Waals surface area (Å²) in [5, 5.41) is 3.40. The van der Waals surface area contributed by atoms with E-state index in [1.165, 1.54) is 0 Å². The Morgan fingerprint density at radius 3 is 2.91 bits per heavy atom. The van der Waals surface area contributed by atoms with Crippen molar-refractivity contribution in [3.05, 3.63) is 11.7 Å². The van der Waals surface area contributed by atoms with E-state index in [0.717, 1.165) is 0 Å². The number of hydrogen-bond donors (Lipinski definition) is 0. The molecule has 0 fully saturated rings. The van der Waals surface area contributed by atoms with Crippen molar-refractivity contribution in [2.24, 2.45) is 0 Å². The summed E-state index contributed by atoms with van der Waals surface area (Å²) < 4.78 is 4.51. The maximum atomic E-state index is 10.8. The molecule has 0 amide bonds. The van der Waals surface area contributed by atoms with Crippen LogP contribution in [0.3, 0.4) is 0 Å². The molecule has 1 aromatic heterocycles. The number of nitrogens with zero attached hydrogens (tertiary/aromatic N) is 2. The van der Waals surface area contributed by atoms with E-state index in [0.29, 0.717) is 12.1 Å². The summed E-state index contributed by atoms with van der Waals surface area (Å²) in [6, 6.07) is 0. The van der Waals surface area contributed by atoms with Crippen LogP contribution in [-0.2, 0) is 4.79 Å². The van der Waals surface area contributed by atoms with Crippen LogP contribution in [-0.4, -0.2) is 22.2 Å². The van der Waals surface area contributed by atoms with Crippen LogP contribution in [0.5, 0.6) is 0 Å². The van der Waals surface area contributed by atoms with Gasteiger partial charge in [-0.1, -0.05) is 5.16 Å². The molecule has 5 nitrogen and oxygen atoms in total. The third-order valence-electron chi connectivity index (χ3n) is 1.03. The Morgan fingerprint density at radius 1 is 1.73 bits per heavy atom. The van der Waals surface area contributed by atoms with Gasteiger partial charge in [-0.3, -0.25) is 4.79 Å². The van der Waals surface area contributed by atoms with Crippen molar-refractivity contribution in [1.29, 1.82) is 0 Å². The van der Waals surface area contributed by atoms with Crippen LogP contribution < -0.4 is 0 Å². The fourth-order valence-electron chi connectivity index (χ4n) is 0.573. The monoisotopic (exact) mass is 154 g/mol. The zero-order valence-corrected chi connectivity index (χ0v) is 5.90. The predicted molar refractivity (Wildman–Crippen MR) is 34.0 cm³/mol. The lowest BCUT2D eigenvalue weighted by Crippen LogP contribution is -1.99. The molecule has 1 heterocycles. The second-order valence-corrected chi connectivity index (χ2v) is 1.94. The molecule has 0 N–H and O–H groups in total. The number of Topliss-reactive ketones (excluding diaryl/α,β-unsaturated/α-hetero) is 1. The molecule has 0 aliphatic rings. The Kier molecular flexibility index (Phi) is 2.10. The van der Waals surface area contributed by atoms with E-state index >= 15 is 0 Å². The smallest absolute Gasteiger partial charge is 0.294 e. The van der Waals surface area contributed by atoms with Crippen molar-refractivity contribution in [1.82, 2.24) is 10.1 Å². The van der Waals surface area contributed by atoms with Gasteiger partial charge in [-0.05, 0) is 6.92 Å². The van der Waals surface area contributed by atoms with Gasteiger partial charge in [-0.2, -0.15) is 4.98 Å². The maximum absolute atomic E-state index is 10.8. The predicted octanol–water partition coefficient (Wildman–Crippen LogP) is 0.150. The number of rotatable bonds is 3. The number of hydrogen-bond acceptors (Lipinski definition) is 5. The molecule has 5 heteroatoms. The van der Waals surface area contributed by atoms with E-state index in [4.69, 9.17) is 0 Å². The molecule has 11 heavy (non-hydrogen) atoms. The Morgan fingerprint density at radius 2 is 2.45 bits per heavy atom. The molecular weight excluding hydrogens is 148 g/mol. The van der Waals surface area contributed by atoms with Crippen molar-refractivity contribution in [3.63, 3.8) is 0 Å². The summed E-state index contributed by atoms with van der Waals surface area (Å²) in [4.78, 5) is 24.4. The van der Waals surface area contributed by atoms with E-state index in [1.54, 1.807) is 6.92 Å². The summed E-state index contributed by atoms with van der Waals surface area (Å²) in [6.07, 6.45) is 0.295. The van der Waals surface area contributed by atoms with Gasteiger partial charge in [0.1, 0.15) is 6.29 Å². The zero-order chi connectivity index (χ0) is 8.27. The quantitative estimate of drug-likeness (QED) is 0.352. The van der Waals surface area contributed by atoms with Gasteiger partial charge in [0.25, 0.3) is 5.89 Å². The SMILES string of the molecule is Cc1noc(C(=O)CC=O)n1. The fraction of sp³-hybridized carbons (Fsp3) is 0.333. The van der Waals surface area contributed by atoms with E-state index in [1.807, 2.05) is 0 Å². The fourth-order valence-corrected chi connectivity index (χ4v) is 0.573. The molecular formula is C6H6N2O3. The van der Waals surface area contributed by atoms with Crippen molar-refractivity contribution >= 4 is 12.1 Å². The van der Waals surface area contributed by atoms with E-state index in [2.05, 4.69) is 14.7 Å². The van der Waals surface area contributed by atoms with Crippen molar-refractivity contribution in [3.8, 4) is 0 Å². The summed E-state index contributed by atoms with van der Waals surface area (Å²) in [7, 11) is 0. The Balaban J connectivity index is 2.76. The van der Waals surface area contributed by atoms with E-state index in [-0.39, 0.29) is 12.3 Å². The van der Waals surface area contributed by atoms with Crippen LogP contribution in [0.15, 0.2) is 4.52 Å². The van der Waals surface area contributed by atoms with Gasteiger partial charge in [0.15, 0.2) is 5.82 Å². The average molecular weight is 154 g/mol. The van der Waals surface area contributed by atoms with Gasteiger partial charge in [-0.25, -0.2) is 0 Å². The van der Waals surface area contributed by atoms with Crippen molar-refractivity contribution in [2.45, 2.75) is 13.3 Å². The van der Waals surface area contributed by atoms with Gasteiger partial charge in [0, 0.05) is 0 Å². The lowest BCUT2D eigenvalue weighted by molar-refractivity contribution is -0.107. The number of ketones is 1. The molecule has 0 unspecified atom stereocenters. The maximum Gasteiger partial charge on any atom is 0.294 e. The molecule has 0 atom stereocenters. The molecule has 0 bridgehead atoms. The number of carbonyl (C=O) groups is 2. The Labute approximate surface area is 62.4 Å². The topological polar surface area (TPSA) is 73.1 Å². The molecule has 58 valence electrons. The minimum atomic E-state index is -0.444. The molecule has 1 rings (SSSR count). The number of carbonyl (C=O) groups excluding carboxylic acids is 2. The standard InChI is InChI=1S/C6H6N2O3/c1-4-7-6(11-8-4)5(10)2-3-9/h3H,2H2,1H3. The van der Waals surface area contributed by atoms with E-state index in [9.17, 15) is 9.59 Å². The van der Waals surface area contributed by atoms with Crippen LogP contribution in [0, 0.1) is 6.92 Å². The van der Waals surface area contributed by atoms with Gasteiger partial charge in [-0.15, -0.1) is 0 Å². The molecule has 0 radical (unpaired) electrons. The highest BCUT2D eigenvalue weighted by molar-refractivity contribution is 5.99. The number of aldehydes is 1. The second kappa shape index (κ2) is 3.05. The highest BCUT2D eigenvalue weighted by Crippen LogP contribution is 1.98. The van der Waals surface area contributed by atoms with Crippen LogP contribution >= 0.6 is 0 Å². The number of aromatic nitrogens is 2. The largest absolute Gasteiger partial charge is 0.331 e. The first-order chi connectivity index (χ1) is 5.24. The van der Waals surface area contributed by atoms with Crippen molar-refractivity contribution < 1.29 is 14.1 Å². The van der Waals surface area contributed by atoms with Crippen LogP contribution in [0.4, 0.5) is 0 Å². The first-order valence-corrected chi connectivity index (χ1v) is 3.01. The van der Waals surface area contributed by atoms with Gasteiger partial charge < -0.3 is 9.32 Å². The first-order valence-electron chi connectivity index (χ1n) is 3.01. The van der Waals surface area contributed by atoms with Crippen molar-refractivity contribution in [2.75, 3.05) is 0 Å². The molecule has 0 saturated heterocycles. The van der Waals surface area contributed by atoms with Gasteiger partial charge in [0.2, 0.25) is 5.78 Å².